The van der Waals surface area contributed by atoms with Gasteiger partial charge in [0, 0.05) is 6.08 Å². The van der Waals surface area contributed by atoms with Crippen LogP contribution < -0.4 is 0 Å². The Bertz CT molecular complexity index is 163. The van der Waals surface area contributed by atoms with Crippen LogP contribution in [0.15, 0.2) is 12.7 Å². The van der Waals surface area contributed by atoms with Gasteiger partial charge in [0.15, 0.2) is 0 Å². The van der Waals surface area contributed by atoms with Crippen LogP contribution in [0.5, 0.6) is 0 Å². The summed E-state index contributed by atoms with van der Waals surface area (Å²) in [6.07, 6.45) is 4.23. The molecule has 0 spiro atoms. The fourth-order valence-electron chi connectivity index (χ4n) is 1.13. The average molecular weight is 184 g/mol. The Balaban J connectivity index is 3.88. The van der Waals surface area contributed by atoms with E-state index in [0.717, 1.165) is 19.3 Å². The van der Waals surface area contributed by atoms with Gasteiger partial charge in [0.1, 0.15) is 6.10 Å². The molecule has 0 N–H and O–H groups in total. The van der Waals surface area contributed by atoms with Crippen molar-refractivity contribution in [3.05, 3.63) is 12.7 Å². The summed E-state index contributed by atoms with van der Waals surface area (Å²) in [5.74, 6) is 0.303. The maximum absolute atomic E-state index is 10.9. The van der Waals surface area contributed by atoms with E-state index < -0.39 is 0 Å². The molecule has 0 aliphatic heterocycles. The lowest BCUT2D eigenvalue weighted by Gasteiger charge is -2.18. The van der Waals surface area contributed by atoms with Crippen LogP contribution in [0.1, 0.15) is 40.0 Å². The Morgan fingerprint density at radius 2 is 2.08 bits per heavy atom. The number of esters is 1. The predicted molar refractivity (Wildman–Crippen MR) is 54.4 cm³/mol. The van der Waals surface area contributed by atoms with Crippen molar-refractivity contribution in [2.75, 3.05) is 0 Å². The second-order valence-electron chi connectivity index (χ2n) is 3.42. The van der Waals surface area contributed by atoms with Gasteiger partial charge in [-0.3, -0.25) is 0 Å². The van der Waals surface area contributed by atoms with Crippen molar-refractivity contribution < 1.29 is 9.53 Å². The lowest BCUT2D eigenvalue weighted by molar-refractivity contribution is -0.143. The standard InChI is InChI=1S/C11H20O2/c1-5-9(4)8-10(6-2)13-11(12)7-3/h7,9-10H,3,5-6,8H2,1-2,4H3. The van der Waals surface area contributed by atoms with Crippen molar-refractivity contribution in [1.29, 1.82) is 0 Å². The molecule has 0 amide bonds. The first-order valence-corrected chi connectivity index (χ1v) is 4.97. The summed E-state index contributed by atoms with van der Waals surface area (Å²) in [4.78, 5) is 10.9. The quantitative estimate of drug-likeness (QED) is 0.468. The van der Waals surface area contributed by atoms with Gasteiger partial charge in [-0.25, -0.2) is 4.79 Å². The summed E-state index contributed by atoms with van der Waals surface area (Å²) in [6.45, 7) is 9.72. The van der Waals surface area contributed by atoms with E-state index in [2.05, 4.69) is 20.4 Å². The number of rotatable bonds is 6. The van der Waals surface area contributed by atoms with Crippen LogP contribution in [-0.2, 0) is 9.53 Å². The Morgan fingerprint density at radius 1 is 1.46 bits per heavy atom. The largest absolute Gasteiger partial charge is 0.459 e. The van der Waals surface area contributed by atoms with Crippen LogP contribution in [0.3, 0.4) is 0 Å². The number of hydrogen-bond donors (Lipinski definition) is 0. The molecule has 0 aromatic carbocycles. The highest BCUT2D eigenvalue weighted by molar-refractivity contribution is 5.81. The van der Waals surface area contributed by atoms with Crippen LogP contribution in [0, 0.1) is 5.92 Å². The van der Waals surface area contributed by atoms with Gasteiger partial charge in [0.25, 0.3) is 0 Å². The molecule has 0 bridgehead atoms. The second kappa shape index (κ2) is 6.70. The topological polar surface area (TPSA) is 26.3 Å². The molecule has 0 radical (unpaired) electrons. The highest BCUT2D eigenvalue weighted by Crippen LogP contribution is 2.14. The van der Waals surface area contributed by atoms with E-state index in [1.54, 1.807) is 0 Å². The number of carbonyl (C=O) groups excluding carboxylic acids is 1. The summed E-state index contributed by atoms with van der Waals surface area (Å²) in [5.41, 5.74) is 0. The summed E-state index contributed by atoms with van der Waals surface area (Å²) >= 11 is 0. The normalized spacial score (nSPS) is 14.7. The molecule has 0 aliphatic rings. The van der Waals surface area contributed by atoms with E-state index in [9.17, 15) is 4.79 Å². The minimum absolute atomic E-state index is 0.0560. The maximum Gasteiger partial charge on any atom is 0.330 e. The Hall–Kier alpha value is -0.790. The first-order chi connectivity index (χ1) is 6.13. The Labute approximate surface area is 81.0 Å². The van der Waals surface area contributed by atoms with Gasteiger partial charge < -0.3 is 4.74 Å². The summed E-state index contributed by atoms with van der Waals surface area (Å²) in [5, 5.41) is 0. The highest BCUT2D eigenvalue weighted by Gasteiger charge is 2.13. The van der Waals surface area contributed by atoms with Crippen LogP contribution >= 0.6 is 0 Å². The summed E-state index contributed by atoms with van der Waals surface area (Å²) < 4.78 is 5.16. The molecule has 2 unspecified atom stereocenters. The zero-order valence-electron chi connectivity index (χ0n) is 8.88. The van der Waals surface area contributed by atoms with Crippen molar-refractivity contribution in [2.24, 2.45) is 5.92 Å². The van der Waals surface area contributed by atoms with E-state index in [1.807, 2.05) is 6.92 Å². The van der Waals surface area contributed by atoms with Crippen molar-refractivity contribution in [1.82, 2.24) is 0 Å². The molecule has 0 aromatic rings. The molecule has 0 saturated carbocycles. The van der Waals surface area contributed by atoms with Gasteiger partial charge >= 0.3 is 5.97 Å². The molecule has 0 aliphatic carbocycles. The molecular formula is C11H20O2. The zero-order chi connectivity index (χ0) is 10.3. The van der Waals surface area contributed by atoms with E-state index in [0.29, 0.717) is 5.92 Å². The summed E-state index contributed by atoms with van der Waals surface area (Å²) in [6, 6.07) is 0. The molecule has 2 heteroatoms. The van der Waals surface area contributed by atoms with E-state index in [4.69, 9.17) is 4.74 Å². The molecule has 0 rings (SSSR count). The van der Waals surface area contributed by atoms with Gasteiger partial charge in [0.05, 0.1) is 0 Å². The van der Waals surface area contributed by atoms with Crippen molar-refractivity contribution in [3.63, 3.8) is 0 Å². The van der Waals surface area contributed by atoms with Crippen molar-refractivity contribution in [2.45, 2.75) is 46.1 Å². The van der Waals surface area contributed by atoms with Crippen LogP contribution in [0.2, 0.25) is 0 Å². The van der Waals surface area contributed by atoms with Gasteiger partial charge in [-0.15, -0.1) is 0 Å². The SMILES string of the molecule is C=CC(=O)OC(CC)CC(C)CC. The monoisotopic (exact) mass is 184 g/mol. The molecule has 0 fully saturated rings. The van der Waals surface area contributed by atoms with Crippen LogP contribution in [-0.4, -0.2) is 12.1 Å². The fraction of sp³-hybridized carbons (Fsp3) is 0.727. The molecule has 0 heterocycles. The number of carbonyl (C=O) groups is 1. The first-order valence-electron chi connectivity index (χ1n) is 4.97. The smallest absolute Gasteiger partial charge is 0.330 e. The minimum Gasteiger partial charge on any atom is -0.459 e. The molecule has 76 valence electrons. The molecule has 0 aromatic heterocycles. The lowest BCUT2D eigenvalue weighted by atomic mass is 10.00. The van der Waals surface area contributed by atoms with Gasteiger partial charge in [-0.2, -0.15) is 0 Å². The Morgan fingerprint density at radius 3 is 2.46 bits per heavy atom. The van der Waals surface area contributed by atoms with Gasteiger partial charge in [-0.1, -0.05) is 33.8 Å². The van der Waals surface area contributed by atoms with Crippen molar-refractivity contribution >= 4 is 5.97 Å². The van der Waals surface area contributed by atoms with Gasteiger partial charge in [-0.05, 0) is 18.8 Å². The molecular weight excluding hydrogens is 164 g/mol. The number of ether oxygens (including phenoxy) is 1. The lowest BCUT2D eigenvalue weighted by Crippen LogP contribution is -2.18. The maximum atomic E-state index is 10.9. The molecule has 13 heavy (non-hydrogen) atoms. The van der Waals surface area contributed by atoms with Crippen LogP contribution in [0.25, 0.3) is 0 Å². The van der Waals surface area contributed by atoms with E-state index in [-0.39, 0.29) is 12.1 Å². The van der Waals surface area contributed by atoms with E-state index >= 15 is 0 Å². The predicted octanol–water partition coefficient (Wildman–Crippen LogP) is 2.93. The fourth-order valence-corrected chi connectivity index (χ4v) is 1.13. The molecule has 0 saturated heterocycles. The second-order valence-corrected chi connectivity index (χ2v) is 3.42. The highest BCUT2D eigenvalue weighted by atomic mass is 16.5. The zero-order valence-corrected chi connectivity index (χ0v) is 8.88. The van der Waals surface area contributed by atoms with Crippen molar-refractivity contribution in [3.8, 4) is 0 Å². The Kier molecular flexibility index (Phi) is 6.29. The average Bonchev–Trinajstić information content (AvgIpc) is 2.16. The van der Waals surface area contributed by atoms with Gasteiger partial charge in [0.2, 0.25) is 0 Å². The first kappa shape index (κ1) is 12.2. The van der Waals surface area contributed by atoms with Crippen LogP contribution in [0.4, 0.5) is 0 Å². The number of hydrogen-bond acceptors (Lipinski definition) is 2. The molecule has 2 atom stereocenters. The van der Waals surface area contributed by atoms with E-state index in [1.165, 1.54) is 6.08 Å². The summed E-state index contributed by atoms with van der Waals surface area (Å²) in [7, 11) is 0. The minimum atomic E-state index is -0.310. The third-order valence-corrected chi connectivity index (χ3v) is 2.27. The third-order valence-electron chi connectivity index (χ3n) is 2.27. The molecule has 2 nitrogen and oxygen atoms in total. The third kappa shape index (κ3) is 5.45.